The second-order valence-corrected chi connectivity index (χ2v) is 5.25. The Labute approximate surface area is 114 Å². The molecule has 0 saturated heterocycles. The van der Waals surface area contributed by atoms with Crippen molar-refractivity contribution in [2.75, 3.05) is 0 Å². The number of hydrogen-bond donors (Lipinski definition) is 0. The Morgan fingerprint density at radius 2 is 1.00 bits per heavy atom. The maximum Gasteiger partial charge on any atom is 0.340 e. The Kier molecular flexibility index (Phi) is 2.53. The summed E-state index contributed by atoms with van der Waals surface area (Å²) in [5.41, 5.74) is 0.241. The SMILES string of the molecule is Cc1ccc2c(c1)C(F)(F)C(F)(F)c1cc(C)ccc1-2. The van der Waals surface area contributed by atoms with Gasteiger partial charge in [0, 0.05) is 11.1 Å². The first-order valence-electron chi connectivity index (χ1n) is 6.23. The number of alkyl halides is 4. The molecule has 3 rings (SSSR count). The predicted molar refractivity (Wildman–Crippen MR) is 69.1 cm³/mol. The first kappa shape index (κ1) is 13.2. The van der Waals surface area contributed by atoms with E-state index < -0.39 is 23.0 Å². The molecule has 0 radical (unpaired) electrons. The van der Waals surface area contributed by atoms with E-state index in [1.54, 1.807) is 26.0 Å². The van der Waals surface area contributed by atoms with E-state index in [1.165, 1.54) is 12.1 Å². The first-order valence-corrected chi connectivity index (χ1v) is 6.23. The molecular formula is C16H12F4. The molecule has 4 heteroatoms. The van der Waals surface area contributed by atoms with Crippen molar-refractivity contribution in [1.29, 1.82) is 0 Å². The van der Waals surface area contributed by atoms with E-state index in [0.717, 1.165) is 12.1 Å². The van der Waals surface area contributed by atoms with Crippen molar-refractivity contribution in [2.45, 2.75) is 25.7 Å². The predicted octanol–water partition coefficient (Wildman–Crippen LogP) is 5.17. The molecule has 2 aromatic rings. The highest BCUT2D eigenvalue weighted by molar-refractivity contribution is 5.76. The van der Waals surface area contributed by atoms with Gasteiger partial charge in [-0.15, -0.1) is 0 Å². The molecule has 1 aliphatic rings. The molecule has 0 aliphatic heterocycles. The second-order valence-electron chi connectivity index (χ2n) is 5.25. The minimum atomic E-state index is -4.20. The summed E-state index contributed by atoms with van der Waals surface area (Å²) in [7, 11) is 0. The molecule has 2 aromatic carbocycles. The van der Waals surface area contributed by atoms with E-state index in [1.807, 2.05) is 0 Å². The summed E-state index contributed by atoms with van der Waals surface area (Å²) < 4.78 is 56.9. The Morgan fingerprint density at radius 3 is 1.35 bits per heavy atom. The van der Waals surface area contributed by atoms with Crippen molar-refractivity contribution in [3.8, 4) is 11.1 Å². The van der Waals surface area contributed by atoms with Gasteiger partial charge in [0.1, 0.15) is 0 Å². The monoisotopic (exact) mass is 280 g/mol. The highest BCUT2D eigenvalue weighted by atomic mass is 19.3. The van der Waals surface area contributed by atoms with Crippen LogP contribution >= 0.6 is 0 Å². The van der Waals surface area contributed by atoms with Gasteiger partial charge in [-0.3, -0.25) is 0 Å². The molecule has 0 atom stereocenters. The molecule has 1 aliphatic carbocycles. The molecule has 20 heavy (non-hydrogen) atoms. The molecule has 0 aromatic heterocycles. The van der Waals surface area contributed by atoms with Gasteiger partial charge < -0.3 is 0 Å². The maximum absolute atomic E-state index is 14.2. The van der Waals surface area contributed by atoms with Crippen LogP contribution in [0.15, 0.2) is 36.4 Å². The molecule has 0 nitrogen and oxygen atoms in total. The van der Waals surface area contributed by atoms with Crippen molar-refractivity contribution < 1.29 is 17.6 Å². The maximum atomic E-state index is 14.2. The van der Waals surface area contributed by atoms with Crippen LogP contribution in [0.4, 0.5) is 17.6 Å². The third-order valence-corrected chi connectivity index (χ3v) is 3.71. The van der Waals surface area contributed by atoms with Gasteiger partial charge in [0.25, 0.3) is 0 Å². The summed E-state index contributed by atoms with van der Waals surface area (Å²) in [5, 5.41) is 0. The van der Waals surface area contributed by atoms with Crippen LogP contribution in [0.25, 0.3) is 11.1 Å². The summed E-state index contributed by atoms with van der Waals surface area (Å²) in [6, 6.07) is 8.58. The summed E-state index contributed by atoms with van der Waals surface area (Å²) in [4.78, 5) is 0. The van der Waals surface area contributed by atoms with Gasteiger partial charge in [-0.1, -0.05) is 35.4 Å². The fraction of sp³-hybridized carbons (Fsp3) is 0.250. The Morgan fingerprint density at radius 1 is 0.650 bits per heavy atom. The van der Waals surface area contributed by atoms with E-state index in [4.69, 9.17) is 0 Å². The molecule has 0 spiro atoms. The van der Waals surface area contributed by atoms with Gasteiger partial charge in [-0.25, -0.2) is 0 Å². The second kappa shape index (κ2) is 3.84. The minimum absolute atomic E-state index is 0.182. The molecule has 0 N–H and O–H groups in total. The quantitative estimate of drug-likeness (QED) is 0.584. The van der Waals surface area contributed by atoms with Crippen LogP contribution in [-0.4, -0.2) is 0 Å². The lowest BCUT2D eigenvalue weighted by Gasteiger charge is -2.35. The standard InChI is InChI=1S/C16H12F4/c1-9-3-5-11-12-6-4-10(2)8-14(12)16(19,20)15(17,18)13(11)7-9/h3-8H,1-2H3. The number of hydrogen-bond acceptors (Lipinski definition) is 0. The van der Waals surface area contributed by atoms with Crippen LogP contribution < -0.4 is 0 Å². The van der Waals surface area contributed by atoms with Gasteiger partial charge in [-0.05, 0) is 37.1 Å². The van der Waals surface area contributed by atoms with Gasteiger partial charge >= 0.3 is 11.8 Å². The van der Waals surface area contributed by atoms with Crippen LogP contribution in [0.5, 0.6) is 0 Å². The molecule has 104 valence electrons. The summed E-state index contributed by atoms with van der Waals surface area (Å²) >= 11 is 0. The van der Waals surface area contributed by atoms with E-state index in [9.17, 15) is 17.6 Å². The molecule has 0 unspecified atom stereocenters. The van der Waals surface area contributed by atoms with Crippen LogP contribution in [0.1, 0.15) is 22.3 Å². The van der Waals surface area contributed by atoms with Gasteiger partial charge in [-0.2, -0.15) is 17.6 Å². The average Bonchev–Trinajstić information content (AvgIpc) is 2.37. The lowest BCUT2D eigenvalue weighted by Crippen LogP contribution is -2.39. The van der Waals surface area contributed by atoms with Crippen LogP contribution in [0.2, 0.25) is 0 Å². The normalized spacial score (nSPS) is 18.3. The van der Waals surface area contributed by atoms with Crippen LogP contribution in [0.3, 0.4) is 0 Å². The zero-order chi connectivity index (χ0) is 14.7. The van der Waals surface area contributed by atoms with E-state index in [2.05, 4.69) is 0 Å². The minimum Gasteiger partial charge on any atom is -0.194 e. The van der Waals surface area contributed by atoms with Gasteiger partial charge in [0.15, 0.2) is 0 Å². The third kappa shape index (κ3) is 1.54. The van der Waals surface area contributed by atoms with E-state index in [-0.39, 0.29) is 11.1 Å². The van der Waals surface area contributed by atoms with E-state index >= 15 is 0 Å². The summed E-state index contributed by atoms with van der Waals surface area (Å²) in [6.45, 7) is 3.22. The molecule has 0 heterocycles. The van der Waals surface area contributed by atoms with Crippen LogP contribution in [-0.2, 0) is 11.8 Å². The lowest BCUT2D eigenvalue weighted by atomic mass is 9.79. The molecular weight excluding hydrogens is 268 g/mol. The average molecular weight is 280 g/mol. The zero-order valence-electron chi connectivity index (χ0n) is 11.0. The topological polar surface area (TPSA) is 0 Å². The van der Waals surface area contributed by atoms with Crippen molar-refractivity contribution in [3.05, 3.63) is 58.7 Å². The number of halogens is 4. The summed E-state index contributed by atoms with van der Waals surface area (Å²) in [6.07, 6.45) is 0. The van der Waals surface area contributed by atoms with E-state index in [0.29, 0.717) is 11.1 Å². The first-order chi connectivity index (χ1) is 9.25. The smallest absolute Gasteiger partial charge is 0.194 e. The lowest BCUT2D eigenvalue weighted by molar-refractivity contribution is -0.225. The highest BCUT2D eigenvalue weighted by Gasteiger charge is 2.62. The van der Waals surface area contributed by atoms with Crippen molar-refractivity contribution >= 4 is 0 Å². The largest absolute Gasteiger partial charge is 0.340 e. The number of fused-ring (bicyclic) bond motifs is 3. The van der Waals surface area contributed by atoms with Crippen molar-refractivity contribution in [1.82, 2.24) is 0 Å². The van der Waals surface area contributed by atoms with Crippen LogP contribution in [0, 0.1) is 13.8 Å². The highest BCUT2D eigenvalue weighted by Crippen LogP contribution is 2.57. The Balaban J connectivity index is 2.43. The fourth-order valence-electron chi connectivity index (χ4n) is 2.64. The Bertz CT molecular complexity index is 640. The zero-order valence-corrected chi connectivity index (χ0v) is 11.0. The molecule has 0 fully saturated rings. The Hall–Kier alpha value is -1.84. The third-order valence-electron chi connectivity index (χ3n) is 3.71. The molecule has 0 saturated carbocycles. The van der Waals surface area contributed by atoms with Crippen molar-refractivity contribution in [2.24, 2.45) is 0 Å². The van der Waals surface area contributed by atoms with Gasteiger partial charge in [0.05, 0.1) is 0 Å². The molecule has 0 amide bonds. The van der Waals surface area contributed by atoms with Crippen molar-refractivity contribution in [3.63, 3.8) is 0 Å². The fourth-order valence-corrected chi connectivity index (χ4v) is 2.64. The summed E-state index contributed by atoms with van der Waals surface area (Å²) in [5.74, 6) is -8.40. The molecule has 0 bridgehead atoms. The van der Waals surface area contributed by atoms with Gasteiger partial charge in [0.2, 0.25) is 0 Å². The number of rotatable bonds is 0. The number of aryl methyl sites for hydroxylation is 2. The number of benzene rings is 2.